The number of alkyl carbamates (subject to hydrolysis) is 1. The Morgan fingerprint density at radius 3 is 2.67 bits per heavy atom. The highest BCUT2D eigenvalue weighted by molar-refractivity contribution is 7.07. The lowest BCUT2D eigenvalue weighted by atomic mass is 10.2. The van der Waals surface area contributed by atoms with Gasteiger partial charge < -0.3 is 20.7 Å². The van der Waals surface area contributed by atoms with Gasteiger partial charge in [-0.25, -0.2) is 4.79 Å². The second kappa shape index (κ2) is 10.6. The van der Waals surface area contributed by atoms with Crippen molar-refractivity contribution in [2.75, 3.05) is 26.2 Å². The van der Waals surface area contributed by atoms with E-state index in [9.17, 15) is 4.79 Å². The van der Waals surface area contributed by atoms with Crippen LogP contribution in [0.25, 0.3) is 11.6 Å². The number of hydrogen-bond acceptors (Lipinski definition) is 7. The third-order valence-electron chi connectivity index (χ3n) is 3.45. The van der Waals surface area contributed by atoms with Crippen molar-refractivity contribution in [3.63, 3.8) is 0 Å². The maximum absolute atomic E-state index is 11.3. The fourth-order valence-electron chi connectivity index (χ4n) is 2.09. The average molecular weight is 381 g/mol. The van der Waals surface area contributed by atoms with E-state index in [1.165, 1.54) is 11.3 Å². The number of carbonyl (C=O) groups is 1. The predicted octanol–water partition coefficient (Wildman–Crippen LogP) is 0.681. The summed E-state index contributed by atoms with van der Waals surface area (Å²) in [6, 6.07) is 7.44. The minimum Gasteiger partial charge on any atom is -0.448 e. The molecule has 1 aliphatic heterocycles. The highest BCUT2D eigenvalue weighted by Crippen LogP contribution is 2.09. The van der Waals surface area contributed by atoms with E-state index in [1.807, 2.05) is 59.8 Å². The number of nitrogens with zero attached hydrogens (tertiary/aromatic N) is 3. The maximum atomic E-state index is 11.3. The molecule has 1 aliphatic rings. The van der Waals surface area contributed by atoms with E-state index in [-0.39, 0.29) is 12.2 Å². The molecule has 0 radical (unpaired) electrons. The van der Waals surface area contributed by atoms with E-state index in [4.69, 9.17) is 21.0 Å². The Hall–Kier alpha value is -3.33. The molecule has 0 unspecified atom stereocenters. The molecule has 2 rings (SSSR count). The number of thiophene rings is 1. The van der Waals surface area contributed by atoms with Crippen LogP contribution in [0.15, 0.2) is 48.3 Å². The second-order valence-corrected chi connectivity index (χ2v) is 6.47. The fourth-order valence-corrected chi connectivity index (χ4v) is 2.94. The molecule has 1 amide bonds. The van der Waals surface area contributed by atoms with Gasteiger partial charge in [-0.2, -0.15) is 10.5 Å². The van der Waals surface area contributed by atoms with E-state index in [0.717, 1.165) is 10.1 Å². The van der Waals surface area contributed by atoms with Crippen LogP contribution in [0.1, 0.15) is 0 Å². The SMILES string of the molecule is N#CC(C#N)=c1cc/c(=C\C=C2C=CN(CCOC(=O)NCCN)C=C2)s1. The molecular weight excluding hydrogens is 362 g/mol. The number of nitrogens with one attached hydrogen (secondary N) is 1. The lowest BCUT2D eigenvalue weighted by molar-refractivity contribution is 0.141. The van der Waals surface area contributed by atoms with Gasteiger partial charge in [0.2, 0.25) is 0 Å². The summed E-state index contributed by atoms with van der Waals surface area (Å²) in [6.45, 7) is 1.59. The van der Waals surface area contributed by atoms with Crippen LogP contribution in [0.2, 0.25) is 0 Å². The van der Waals surface area contributed by atoms with E-state index in [2.05, 4.69) is 5.32 Å². The fraction of sp³-hybridized carbons (Fsp3) is 0.211. The topological polar surface area (TPSA) is 115 Å². The summed E-state index contributed by atoms with van der Waals surface area (Å²) in [6.07, 6.45) is 11.1. The first-order chi connectivity index (χ1) is 13.2. The zero-order valence-electron chi connectivity index (χ0n) is 14.6. The minimum atomic E-state index is -0.468. The minimum absolute atomic E-state index is 0.124. The van der Waals surface area contributed by atoms with Crippen molar-refractivity contribution in [2.45, 2.75) is 0 Å². The van der Waals surface area contributed by atoms with Gasteiger partial charge in [0.1, 0.15) is 24.3 Å². The monoisotopic (exact) mass is 381 g/mol. The van der Waals surface area contributed by atoms with Gasteiger partial charge in [0.25, 0.3) is 0 Å². The van der Waals surface area contributed by atoms with Crippen LogP contribution >= 0.6 is 11.3 Å². The van der Waals surface area contributed by atoms with Gasteiger partial charge in [-0.1, -0.05) is 6.08 Å². The van der Waals surface area contributed by atoms with Crippen molar-refractivity contribution >= 4 is 29.1 Å². The molecule has 0 aromatic carbocycles. The Balaban J connectivity index is 1.89. The summed E-state index contributed by atoms with van der Waals surface area (Å²) in [7, 11) is 0. The van der Waals surface area contributed by atoms with Crippen molar-refractivity contribution in [1.29, 1.82) is 10.5 Å². The third-order valence-corrected chi connectivity index (χ3v) is 4.52. The van der Waals surface area contributed by atoms with Gasteiger partial charge in [0.05, 0.1) is 11.1 Å². The van der Waals surface area contributed by atoms with Gasteiger partial charge in [-0.15, -0.1) is 11.3 Å². The van der Waals surface area contributed by atoms with Crippen LogP contribution in [0.4, 0.5) is 4.79 Å². The van der Waals surface area contributed by atoms with Crippen molar-refractivity contribution in [2.24, 2.45) is 5.73 Å². The smallest absolute Gasteiger partial charge is 0.407 e. The molecule has 138 valence electrons. The molecule has 3 N–H and O–H groups in total. The molecule has 2 heterocycles. The van der Waals surface area contributed by atoms with Crippen LogP contribution in [0, 0.1) is 22.7 Å². The normalized spacial score (nSPS) is 13.1. The number of carbonyl (C=O) groups excluding carboxylic acids is 1. The Labute approximate surface area is 161 Å². The number of ether oxygens (including phenoxy) is 1. The van der Waals surface area contributed by atoms with Gasteiger partial charge in [-0.3, -0.25) is 0 Å². The van der Waals surface area contributed by atoms with Crippen LogP contribution in [0.3, 0.4) is 0 Å². The molecule has 0 spiro atoms. The number of allylic oxidation sites excluding steroid dienone is 4. The first-order valence-corrected chi connectivity index (χ1v) is 9.03. The second-order valence-electron chi connectivity index (χ2n) is 5.35. The van der Waals surface area contributed by atoms with Crippen molar-refractivity contribution < 1.29 is 9.53 Å². The summed E-state index contributed by atoms with van der Waals surface area (Å²) in [5, 5.41) is 20.3. The Kier molecular flexibility index (Phi) is 7.86. The van der Waals surface area contributed by atoms with E-state index < -0.39 is 6.09 Å². The molecule has 0 saturated carbocycles. The number of nitriles is 2. The molecule has 0 aliphatic carbocycles. The quantitative estimate of drug-likeness (QED) is 0.749. The maximum Gasteiger partial charge on any atom is 0.407 e. The van der Waals surface area contributed by atoms with Crippen LogP contribution in [0.5, 0.6) is 0 Å². The van der Waals surface area contributed by atoms with Crippen LogP contribution < -0.4 is 20.1 Å². The van der Waals surface area contributed by atoms with Crippen molar-refractivity contribution in [3.05, 3.63) is 57.4 Å². The Morgan fingerprint density at radius 1 is 1.26 bits per heavy atom. The summed E-state index contributed by atoms with van der Waals surface area (Å²) in [4.78, 5) is 13.2. The molecule has 27 heavy (non-hydrogen) atoms. The average Bonchev–Trinajstić information content (AvgIpc) is 3.15. The first kappa shape index (κ1) is 20.0. The summed E-state index contributed by atoms with van der Waals surface area (Å²) < 4.78 is 6.66. The van der Waals surface area contributed by atoms with Crippen molar-refractivity contribution in [1.82, 2.24) is 10.2 Å². The largest absolute Gasteiger partial charge is 0.448 e. The van der Waals surface area contributed by atoms with Gasteiger partial charge >= 0.3 is 6.09 Å². The molecular formula is C19H19N5O2S. The first-order valence-electron chi connectivity index (χ1n) is 8.21. The molecule has 7 nitrogen and oxygen atoms in total. The predicted molar refractivity (Wildman–Crippen MR) is 104 cm³/mol. The standard InChI is InChI=1S/C19H19N5O2S/c20-7-8-23-19(25)26-12-11-24-9-5-15(6-10-24)1-2-17-3-4-18(27-17)16(13-21)14-22/h1-6,9-10H,7-8,11-12,20H2,(H,23,25)/b17-2+. The molecule has 8 heteroatoms. The van der Waals surface area contributed by atoms with Crippen LogP contribution in [-0.4, -0.2) is 37.2 Å². The van der Waals surface area contributed by atoms with Crippen molar-refractivity contribution in [3.8, 4) is 12.1 Å². The van der Waals surface area contributed by atoms with Gasteiger partial charge in [-0.05, 0) is 35.9 Å². The Morgan fingerprint density at radius 2 is 2.00 bits per heavy atom. The molecule has 1 aromatic heterocycles. The summed E-state index contributed by atoms with van der Waals surface area (Å²) in [5.74, 6) is 0. The summed E-state index contributed by atoms with van der Waals surface area (Å²) in [5.41, 5.74) is 6.43. The van der Waals surface area contributed by atoms with Gasteiger partial charge in [0.15, 0.2) is 0 Å². The summed E-state index contributed by atoms with van der Waals surface area (Å²) >= 11 is 1.40. The highest BCUT2D eigenvalue weighted by Gasteiger charge is 2.03. The van der Waals surface area contributed by atoms with E-state index in [0.29, 0.717) is 24.2 Å². The molecule has 0 saturated heterocycles. The number of hydrogen-bond donors (Lipinski definition) is 2. The molecule has 0 atom stereocenters. The third kappa shape index (κ3) is 6.48. The Bertz CT molecular complexity index is 927. The number of amides is 1. The number of nitrogens with two attached hydrogens (primary N) is 1. The molecule has 0 fully saturated rings. The molecule has 0 bridgehead atoms. The zero-order chi connectivity index (χ0) is 19.5. The van der Waals surface area contributed by atoms with E-state index in [1.54, 1.807) is 6.07 Å². The molecule has 1 aromatic rings. The van der Waals surface area contributed by atoms with E-state index >= 15 is 0 Å². The lowest BCUT2D eigenvalue weighted by Gasteiger charge is -2.18. The highest BCUT2D eigenvalue weighted by atomic mass is 32.1. The van der Waals surface area contributed by atoms with Gasteiger partial charge in [0, 0.05) is 30.0 Å². The number of rotatable bonds is 6. The lowest BCUT2D eigenvalue weighted by Crippen LogP contribution is -2.31. The zero-order valence-corrected chi connectivity index (χ0v) is 15.4. The van der Waals surface area contributed by atoms with Crippen LogP contribution in [-0.2, 0) is 4.74 Å².